The van der Waals surface area contributed by atoms with Crippen LogP contribution in [0.5, 0.6) is 11.5 Å². The van der Waals surface area contributed by atoms with Crippen molar-refractivity contribution in [2.75, 3.05) is 6.79 Å². The van der Waals surface area contributed by atoms with Crippen LogP contribution in [0.3, 0.4) is 0 Å². The third-order valence-corrected chi connectivity index (χ3v) is 4.65. The fourth-order valence-electron chi connectivity index (χ4n) is 2.17. The first-order valence-electron chi connectivity index (χ1n) is 6.36. The van der Waals surface area contributed by atoms with E-state index < -0.39 is 24.1 Å². The van der Waals surface area contributed by atoms with Gasteiger partial charge in [-0.25, -0.2) is 4.39 Å². The molecule has 3 rings (SSSR count). The molecule has 7 heteroatoms. The van der Waals surface area contributed by atoms with Gasteiger partial charge in [-0.05, 0) is 49.7 Å². The highest BCUT2D eigenvalue weighted by Crippen LogP contribution is 2.41. The summed E-state index contributed by atoms with van der Waals surface area (Å²) >= 11 is 3.18. The Hall–Kier alpha value is -0.785. The number of halogens is 2. The van der Waals surface area contributed by atoms with Crippen molar-refractivity contribution in [2.45, 2.75) is 38.9 Å². The Kier molecular flexibility index (Phi) is 3.08. The third-order valence-electron chi connectivity index (χ3n) is 4.07. The average molecular weight is 345 g/mol. The number of hydrogen-bond acceptors (Lipinski definition) is 4. The van der Waals surface area contributed by atoms with Gasteiger partial charge in [-0.15, -0.1) is 0 Å². The van der Waals surface area contributed by atoms with Gasteiger partial charge in [0.1, 0.15) is 0 Å². The Balaban J connectivity index is 2.05. The first-order chi connectivity index (χ1) is 9.23. The smallest absolute Gasteiger partial charge is 0.454 e. The first-order valence-corrected chi connectivity index (χ1v) is 7.15. The zero-order valence-corrected chi connectivity index (χ0v) is 13.3. The van der Waals surface area contributed by atoms with Gasteiger partial charge in [0.25, 0.3) is 0 Å². The van der Waals surface area contributed by atoms with E-state index in [1.165, 1.54) is 0 Å². The summed E-state index contributed by atoms with van der Waals surface area (Å²) in [5, 5.41) is 0. The highest BCUT2D eigenvalue weighted by molar-refractivity contribution is 9.10. The molecular weight excluding hydrogens is 330 g/mol. The Bertz CT molecular complexity index is 560. The Morgan fingerprint density at radius 2 is 1.65 bits per heavy atom. The maximum atomic E-state index is 13.9. The fraction of sp³-hybridized carbons (Fsp3) is 0.538. The van der Waals surface area contributed by atoms with E-state index in [0.717, 1.165) is 0 Å². The Morgan fingerprint density at radius 3 is 2.25 bits per heavy atom. The molecule has 1 aromatic carbocycles. The van der Waals surface area contributed by atoms with Crippen molar-refractivity contribution in [1.29, 1.82) is 0 Å². The van der Waals surface area contributed by atoms with Crippen molar-refractivity contribution in [2.24, 2.45) is 0 Å². The van der Waals surface area contributed by atoms with Crippen LogP contribution >= 0.6 is 15.9 Å². The molecule has 2 aliphatic rings. The Morgan fingerprint density at radius 1 is 1.10 bits per heavy atom. The predicted octanol–water partition coefficient (Wildman–Crippen LogP) is 2.62. The molecule has 1 aromatic rings. The zero-order chi connectivity index (χ0) is 14.7. The summed E-state index contributed by atoms with van der Waals surface area (Å²) in [6, 6.07) is 1.62. The van der Waals surface area contributed by atoms with E-state index in [4.69, 9.17) is 18.8 Å². The van der Waals surface area contributed by atoms with Gasteiger partial charge in [0, 0.05) is 5.46 Å². The first kappa shape index (κ1) is 14.2. The lowest BCUT2D eigenvalue weighted by Gasteiger charge is -2.32. The molecule has 0 atom stereocenters. The predicted molar refractivity (Wildman–Crippen MR) is 75.9 cm³/mol. The summed E-state index contributed by atoms with van der Waals surface area (Å²) in [5.74, 6) is -0.0222. The molecule has 1 saturated heterocycles. The Labute approximate surface area is 125 Å². The minimum absolute atomic E-state index is 0.00475. The molecule has 0 aromatic heterocycles. The third kappa shape index (κ3) is 1.95. The van der Waals surface area contributed by atoms with E-state index >= 15 is 0 Å². The van der Waals surface area contributed by atoms with Crippen LogP contribution in [0, 0.1) is 5.82 Å². The van der Waals surface area contributed by atoms with Crippen LogP contribution in [0.4, 0.5) is 4.39 Å². The van der Waals surface area contributed by atoms with Gasteiger partial charge in [0.15, 0.2) is 11.6 Å². The van der Waals surface area contributed by atoms with Crippen molar-refractivity contribution >= 4 is 28.5 Å². The van der Waals surface area contributed by atoms with Gasteiger partial charge in [-0.2, -0.15) is 0 Å². The van der Waals surface area contributed by atoms with Crippen LogP contribution in [0.1, 0.15) is 27.7 Å². The molecule has 2 heterocycles. The lowest BCUT2D eigenvalue weighted by molar-refractivity contribution is 0.00578. The quantitative estimate of drug-likeness (QED) is 0.734. The van der Waals surface area contributed by atoms with E-state index in [9.17, 15) is 4.39 Å². The van der Waals surface area contributed by atoms with Gasteiger partial charge >= 0.3 is 7.12 Å². The number of benzene rings is 1. The van der Waals surface area contributed by atoms with E-state index in [-0.39, 0.29) is 12.5 Å². The van der Waals surface area contributed by atoms with Gasteiger partial charge in [0.2, 0.25) is 12.5 Å². The van der Waals surface area contributed by atoms with E-state index in [1.54, 1.807) is 6.07 Å². The number of fused-ring (bicyclic) bond motifs is 1. The van der Waals surface area contributed by atoms with Crippen LogP contribution in [0.2, 0.25) is 0 Å². The van der Waals surface area contributed by atoms with Gasteiger partial charge < -0.3 is 18.8 Å². The van der Waals surface area contributed by atoms with Crippen molar-refractivity contribution < 1.29 is 23.2 Å². The molecule has 0 spiro atoms. The molecule has 4 nitrogen and oxygen atoms in total. The summed E-state index contributed by atoms with van der Waals surface area (Å²) in [7, 11) is -0.618. The highest BCUT2D eigenvalue weighted by Gasteiger charge is 2.53. The van der Waals surface area contributed by atoms with E-state index in [2.05, 4.69) is 15.9 Å². The number of rotatable bonds is 1. The maximum Gasteiger partial charge on any atom is 0.498 e. The molecule has 0 radical (unpaired) electrons. The van der Waals surface area contributed by atoms with Crippen molar-refractivity contribution in [3.63, 3.8) is 0 Å². The minimum Gasteiger partial charge on any atom is -0.454 e. The molecule has 0 bridgehead atoms. The standard InChI is InChI=1S/C13H15BBrFO4/c1-12(2)13(3,4)20-14(19-12)7-5-8(15)9(16)11-10(7)17-6-18-11/h5H,6H2,1-4H3. The second-order valence-corrected chi connectivity index (χ2v) is 6.77. The molecule has 0 N–H and O–H groups in total. The van der Waals surface area contributed by atoms with E-state index in [1.807, 2.05) is 27.7 Å². The summed E-state index contributed by atoms with van der Waals surface area (Å²) in [6.45, 7) is 7.84. The molecule has 20 heavy (non-hydrogen) atoms. The lowest BCUT2D eigenvalue weighted by Crippen LogP contribution is -2.41. The lowest BCUT2D eigenvalue weighted by atomic mass is 9.78. The van der Waals surface area contributed by atoms with Crippen molar-refractivity contribution in [1.82, 2.24) is 0 Å². The van der Waals surface area contributed by atoms with Crippen molar-refractivity contribution in [3.05, 3.63) is 16.4 Å². The summed E-state index contributed by atoms with van der Waals surface area (Å²) in [6.07, 6.45) is 0. The molecule has 0 unspecified atom stereocenters. The second-order valence-electron chi connectivity index (χ2n) is 5.91. The summed E-state index contributed by atoms with van der Waals surface area (Å²) < 4.78 is 36.7. The average Bonchev–Trinajstić information content (AvgIpc) is 2.88. The summed E-state index contributed by atoms with van der Waals surface area (Å²) in [5.41, 5.74) is -0.306. The molecule has 1 fully saturated rings. The van der Waals surface area contributed by atoms with Crippen LogP contribution in [0.25, 0.3) is 0 Å². The van der Waals surface area contributed by atoms with Crippen LogP contribution < -0.4 is 14.9 Å². The summed E-state index contributed by atoms with van der Waals surface area (Å²) in [4.78, 5) is 0. The largest absolute Gasteiger partial charge is 0.498 e. The molecular formula is C13H15BBrFO4. The SMILES string of the molecule is CC1(C)OB(c2cc(Br)c(F)c3c2OCO3)OC1(C)C. The van der Waals surface area contributed by atoms with Crippen LogP contribution in [-0.4, -0.2) is 25.1 Å². The van der Waals surface area contributed by atoms with Gasteiger partial charge in [-0.1, -0.05) is 0 Å². The topological polar surface area (TPSA) is 36.9 Å². The zero-order valence-electron chi connectivity index (χ0n) is 11.8. The minimum atomic E-state index is -0.618. The van der Waals surface area contributed by atoms with E-state index in [0.29, 0.717) is 15.7 Å². The number of ether oxygens (including phenoxy) is 2. The van der Waals surface area contributed by atoms with Crippen LogP contribution in [-0.2, 0) is 9.31 Å². The normalized spacial score (nSPS) is 22.4. The molecule has 108 valence electrons. The molecule has 0 aliphatic carbocycles. The molecule has 0 amide bonds. The van der Waals surface area contributed by atoms with Gasteiger partial charge in [0.05, 0.1) is 15.7 Å². The van der Waals surface area contributed by atoms with Crippen LogP contribution in [0.15, 0.2) is 10.5 Å². The number of hydrogen-bond donors (Lipinski definition) is 0. The maximum absolute atomic E-state index is 13.9. The van der Waals surface area contributed by atoms with Gasteiger partial charge in [-0.3, -0.25) is 0 Å². The second kappa shape index (κ2) is 4.35. The monoisotopic (exact) mass is 344 g/mol. The van der Waals surface area contributed by atoms with Crippen molar-refractivity contribution in [3.8, 4) is 11.5 Å². The molecule has 0 saturated carbocycles. The highest BCUT2D eigenvalue weighted by atomic mass is 79.9. The fourth-order valence-corrected chi connectivity index (χ4v) is 2.60. The molecule has 2 aliphatic heterocycles.